The summed E-state index contributed by atoms with van der Waals surface area (Å²) in [6.07, 6.45) is 1.91. The van der Waals surface area contributed by atoms with E-state index in [0.29, 0.717) is 0 Å². The summed E-state index contributed by atoms with van der Waals surface area (Å²) in [5, 5.41) is 0. The van der Waals surface area contributed by atoms with Gasteiger partial charge in [0.05, 0.1) is 5.69 Å². The Labute approximate surface area is 120 Å². The first kappa shape index (κ1) is 14.1. The minimum atomic E-state index is -1.10. The Morgan fingerprint density at radius 1 is 0.895 bits per heavy atom. The second-order valence-electron chi connectivity index (χ2n) is 5.38. The molecule has 0 bridgehead atoms. The van der Waals surface area contributed by atoms with Crippen LogP contribution in [0.3, 0.4) is 0 Å². The van der Waals surface area contributed by atoms with Crippen LogP contribution in [0.25, 0.3) is 0 Å². The van der Waals surface area contributed by atoms with Gasteiger partial charge in [-0.25, -0.2) is 0 Å². The number of benzene rings is 2. The van der Waals surface area contributed by atoms with Gasteiger partial charge in [-0.1, -0.05) is 50.0 Å². The van der Waals surface area contributed by atoms with Crippen LogP contribution in [0, 0.1) is 0 Å². The fourth-order valence-electron chi connectivity index (χ4n) is 1.64. The Hall–Kier alpha value is -1.32. The SMILES string of the molecule is C[Si](C)(C)Sc1ccc(C=Nc2ccccc2)cc1. The summed E-state index contributed by atoms with van der Waals surface area (Å²) < 4.78 is 0. The molecule has 0 N–H and O–H groups in total. The Kier molecular flexibility index (Phi) is 4.61. The second-order valence-corrected chi connectivity index (χ2v) is 14.6. The van der Waals surface area contributed by atoms with Gasteiger partial charge in [-0.3, -0.25) is 4.99 Å². The zero-order chi connectivity index (χ0) is 13.7. The van der Waals surface area contributed by atoms with Gasteiger partial charge >= 0.3 is 0 Å². The maximum absolute atomic E-state index is 4.46. The van der Waals surface area contributed by atoms with Crippen LogP contribution in [0.1, 0.15) is 5.56 Å². The molecule has 0 aromatic heterocycles. The second kappa shape index (κ2) is 6.22. The van der Waals surface area contributed by atoms with Crippen molar-refractivity contribution in [3.63, 3.8) is 0 Å². The lowest BCUT2D eigenvalue weighted by Crippen LogP contribution is -2.13. The number of aliphatic imine (C=N–C) groups is 1. The average molecular weight is 285 g/mol. The monoisotopic (exact) mass is 285 g/mol. The van der Waals surface area contributed by atoms with Crippen LogP contribution in [0.15, 0.2) is 64.5 Å². The predicted octanol–water partition coefficient (Wildman–Crippen LogP) is 5.36. The molecule has 0 saturated heterocycles. The zero-order valence-electron chi connectivity index (χ0n) is 11.6. The van der Waals surface area contributed by atoms with Crippen LogP contribution in [-0.2, 0) is 0 Å². The van der Waals surface area contributed by atoms with E-state index < -0.39 is 7.22 Å². The normalized spacial score (nSPS) is 11.9. The number of hydrogen-bond donors (Lipinski definition) is 0. The molecule has 0 amide bonds. The lowest BCUT2D eigenvalue weighted by molar-refractivity contribution is 1.45. The summed E-state index contributed by atoms with van der Waals surface area (Å²) >= 11 is 2.02. The molecular weight excluding hydrogens is 266 g/mol. The van der Waals surface area contributed by atoms with Gasteiger partial charge in [0.15, 0.2) is 0 Å². The van der Waals surface area contributed by atoms with Gasteiger partial charge in [-0.05, 0) is 29.8 Å². The molecule has 19 heavy (non-hydrogen) atoms. The van der Waals surface area contributed by atoms with Crippen LogP contribution in [-0.4, -0.2) is 13.4 Å². The van der Waals surface area contributed by atoms with E-state index in [-0.39, 0.29) is 0 Å². The lowest BCUT2D eigenvalue weighted by Gasteiger charge is -2.14. The molecule has 0 unspecified atom stereocenters. The van der Waals surface area contributed by atoms with E-state index in [1.165, 1.54) is 4.90 Å². The van der Waals surface area contributed by atoms with Gasteiger partial charge in [0.25, 0.3) is 0 Å². The first-order valence-electron chi connectivity index (χ1n) is 6.41. The van der Waals surface area contributed by atoms with Gasteiger partial charge < -0.3 is 0 Å². The summed E-state index contributed by atoms with van der Waals surface area (Å²) in [7, 11) is -1.10. The maximum Gasteiger partial charge on any atom is 0.114 e. The molecule has 0 heterocycles. The highest BCUT2D eigenvalue weighted by Crippen LogP contribution is 2.28. The standard InChI is InChI=1S/C16H19NSSi/c1-19(2,3)18-16-11-9-14(10-12-16)13-17-15-7-5-4-6-8-15/h4-13H,1-3H3. The molecule has 98 valence electrons. The van der Waals surface area contributed by atoms with Gasteiger partial charge in [0, 0.05) is 11.1 Å². The summed E-state index contributed by atoms with van der Waals surface area (Å²) in [5.41, 5.74) is 2.13. The molecule has 2 aromatic rings. The van der Waals surface area contributed by atoms with E-state index >= 15 is 0 Å². The molecule has 0 spiro atoms. The summed E-state index contributed by atoms with van der Waals surface area (Å²) in [6.45, 7) is 7.09. The topological polar surface area (TPSA) is 12.4 Å². The smallest absolute Gasteiger partial charge is 0.114 e. The molecule has 0 fully saturated rings. The highest BCUT2D eigenvalue weighted by atomic mass is 32.4. The Bertz CT molecular complexity index is 541. The van der Waals surface area contributed by atoms with E-state index in [1.54, 1.807) is 0 Å². The van der Waals surface area contributed by atoms with Crippen molar-refractivity contribution in [3.05, 3.63) is 60.2 Å². The fraction of sp³-hybridized carbons (Fsp3) is 0.188. The Morgan fingerprint density at radius 3 is 2.11 bits per heavy atom. The van der Waals surface area contributed by atoms with Crippen molar-refractivity contribution in [2.24, 2.45) is 4.99 Å². The van der Waals surface area contributed by atoms with E-state index in [0.717, 1.165) is 11.3 Å². The molecule has 0 radical (unpaired) electrons. The van der Waals surface area contributed by atoms with Gasteiger partial charge in [-0.15, -0.1) is 0 Å². The van der Waals surface area contributed by atoms with Crippen molar-refractivity contribution >= 4 is 30.3 Å². The molecular formula is C16H19NSSi. The zero-order valence-corrected chi connectivity index (χ0v) is 13.4. The molecule has 0 aliphatic rings. The van der Waals surface area contributed by atoms with Crippen LogP contribution in [0.2, 0.25) is 19.6 Å². The predicted molar refractivity (Wildman–Crippen MR) is 89.3 cm³/mol. The molecule has 2 aromatic carbocycles. The number of nitrogens with zero attached hydrogens (tertiary/aromatic N) is 1. The third-order valence-electron chi connectivity index (χ3n) is 2.42. The molecule has 0 aliphatic carbocycles. The van der Waals surface area contributed by atoms with Crippen LogP contribution < -0.4 is 0 Å². The maximum atomic E-state index is 4.46. The van der Waals surface area contributed by atoms with Crippen LogP contribution >= 0.6 is 11.2 Å². The summed E-state index contributed by atoms with van der Waals surface area (Å²) in [5.74, 6) is 0. The molecule has 3 heteroatoms. The molecule has 0 saturated carbocycles. The van der Waals surface area contributed by atoms with Gasteiger partial charge in [0.1, 0.15) is 7.22 Å². The fourth-order valence-corrected chi connectivity index (χ4v) is 5.15. The molecule has 2 rings (SSSR count). The van der Waals surface area contributed by atoms with E-state index in [9.17, 15) is 0 Å². The summed E-state index contributed by atoms with van der Waals surface area (Å²) in [6, 6.07) is 18.7. The number of hydrogen-bond acceptors (Lipinski definition) is 2. The molecule has 1 nitrogen and oxygen atoms in total. The third-order valence-corrected chi connectivity index (χ3v) is 6.09. The lowest BCUT2D eigenvalue weighted by atomic mass is 10.2. The molecule has 0 aliphatic heterocycles. The first-order chi connectivity index (χ1) is 9.03. The quantitative estimate of drug-likeness (QED) is 0.544. The average Bonchev–Trinajstić information content (AvgIpc) is 2.37. The largest absolute Gasteiger partial charge is 0.256 e. The van der Waals surface area contributed by atoms with Crippen molar-refractivity contribution in [2.45, 2.75) is 24.5 Å². The Balaban J connectivity index is 2.05. The van der Waals surface area contributed by atoms with E-state index in [1.807, 2.05) is 47.8 Å². The van der Waals surface area contributed by atoms with Gasteiger partial charge in [0.2, 0.25) is 0 Å². The van der Waals surface area contributed by atoms with Crippen molar-refractivity contribution in [2.75, 3.05) is 0 Å². The number of rotatable bonds is 4. The first-order valence-corrected chi connectivity index (χ1v) is 11.5. The van der Waals surface area contributed by atoms with E-state index in [2.05, 4.69) is 48.9 Å². The van der Waals surface area contributed by atoms with Crippen molar-refractivity contribution in [3.8, 4) is 0 Å². The minimum Gasteiger partial charge on any atom is -0.256 e. The third kappa shape index (κ3) is 5.05. The van der Waals surface area contributed by atoms with Crippen molar-refractivity contribution in [1.82, 2.24) is 0 Å². The Morgan fingerprint density at radius 2 is 1.53 bits per heavy atom. The van der Waals surface area contributed by atoms with Crippen LogP contribution in [0.4, 0.5) is 5.69 Å². The highest BCUT2D eigenvalue weighted by Gasteiger charge is 2.14. The van der Waals surface area contributed by atoms with Crippen molar-refractivity contribution in [1.29, 1.82) is 0 Å². The number of para-hydroxylation sites is 1. The van der Waals surface area contributed by atoms with Gasteiger partial charge in [-0.2, -0.15) is 11.2 Å². The molecule has 0 atom stereocenters. The minimum absolute atomic E-state index is 0.989. The van der Waals surface area contributed by atoms with Crippen LogP contribution in [0.5, 0.6) is 0 Å². The highest BCUT2D eigenvalue weighted by molar-refractivity contribution is 8.28. The van der Waals surface area contributed by atoms with E-state index in [4.69, 9.17) is 0 Å². The summed E-state index contributed by atoms with van der Waals surface area (Å²) in [4.78, 5) is 5.82. The van der Waals surface area contributed by atoms with Crippen molar-refractivity contribution < 1.29 is 0 Å².